The van der Waals surface area contributed by atoms with Gasteiger partial charge in [-0.2, -0.15) is 13.2 Å². The first kappa shape index (κ1) is 24.8. The number of nitrogens with zero attached hydrogens (tertiary/aromatic N) is 1. The number of hydrogen-bond acceptors (Lipinski definition) is 5. The van der Waals surface area contributed by atoms with Gasteiger partial charge in [0, 0.05) is 18.3 Å². The van der Waals surface area contributed by atoms with Crippen molar-refractivity contribution in [3.05, 3.63) is 71.0 Å². The van der Waals surface area contributed by atoms with Gasteiger partial charge in [-0.05, 0) is 44.8 Å². The highest BCUT2D eigenvalue weighted by atomic mass is 19.4. The molecule has 10 heteroatoms. The molecule has 1 aliphatic heterocycles. The molecule has 1 saturated heterocycles. The van der Waals surface area contributed by atoms with Crippen molar-refractivity contribution < 1.29 is 32.0 Å². The smallest absolute Gasteiger partial charge is 0.445 e. The largest absolute Gasteiger partial charge is 0.492 e. The lowest BCUT2D eigenvalue weighted by molar-refractivity contribution is -0.141. The highest BCUT2D eigenvalue weighted by molar-refractivity contribution is 6.56. The number of nitrogens with one attached hydrogen (secondary N) is 1. The molecule has 0 radical (unpaired) electrons. The molecule has 0 spiro atoms. The predicted molar refractivity (Wildman–Crippen MR) is 118 cm³/mol. The van der Waals surface area contributed by atoms with Crippen molar-refractivity contribution in [1.82, 2.24) is 10.3 Å². The van der Waals surface area contributed by atoms with E-state index < -0.39 is 36.3 Å². The van der Waals surface area contributed by atoms with E-state index in [-0.39, 0.29) is 18.7 Å². The van der Waals surface area contributed by atoms with Gasteiger partial charge in [0.2, 0.25) is 0 Å². The molecule has 2 heterocycles. The van der Waals surface area contributed by atoms with Crippen LogP contribution < -0.4 is 5.32 Å². The number of amides is 1. The van der Waals surface area contributed by atoms with E-state index in [1.807, 2.05) is 58.0 Å². The molecule has 2 aromatic rings. The van der Waals surface area contributed by atoms with E-state index in [4.69, 9.17) is 14.0 Å². The van der Waals surface area contributed by atoms with Crippen molar-refractivity contribution >= 4 is 19.3 Å². The summed E-state index contributed by atoms with van der Waals surface area (Å²) in [4.78, 5) is 15.7. The maximum absolute atomic E-state index is 13.5. The summed E-state index contributed by atoms with van der Waals surface area (Å²) in [5.41, 5.74) is -1.53. The molecule has 3 rings (SSSR count). The molecule has 1 fully saturated rings. The molecule has 1 aromatic heterocycles. The average molecular weight is 462 g/mol. The second-order valence-electron chi connectivity index (χ2n) is 8.66. The van der Waals surface area contributed by atoms with Crippen LogP contribution in [-0.2, 0) is 26.8 Å². The molecular formula is C23H26BF3N2O4. The topological polar surface area (TPSA) is 69.7 Å². The summed E-state index contributed by atoms with van der Waals surface area (Å²) in [7, 11) is -0.967. The van der Waals surface area contributed by atoms with Gasteiger partial charge >= 0.3 is 19.4 Å². The van der Waals surface area contributed by atoms with Gasteiger partial charge in [-0.1, -0.05) is 42.5 Å². The maximum Gasteiger partial charge on any atom is 0.492 e. The van der Waals surface area contributed by atoms with Crippen LogP contribution in [0.4, 0.5) is 18.0 Å². The number of rotatable bonds is 6. The van der Waals surface area contributed by atoms with Crippen LogP contribution >= 0.6 is 0 Å². The molecule has 1 aromatic carbocycles. The third kappa shape index (κ3) is 6.14. The fraction of sp³-hybridized carbons (Fsp3) is 0.391. The minimum absolute atomic E-state index is 0.0586. The van der Waals surface area contributed by atoms with E-state index in [9.17, 15) is 18.0 Å². The zero-order chi connectivity index (χ0) is 24.3. The quantitative estimate of drug-likeness (QED) is 0.610. The second kappa shape index (κ2) is 9.57. The second-order valence-corrected chi connectivity index (χ2v) is 8.66. The average Bonchev–Trinajstić information content (AvgIpc) is 2.96. The summed E-state index contributed by atoms with van der Waals surface area (Å²) in [6.07, 6.45) is -3.00. The molecule has 176 valence electrons. The number of benzene rings is 1. The minimum Gasteiger partial charge on any atom is -0.445 e. The summed E-state index contributed by atoms with van der Waals surface area (Å²) in [5, 5.41) is 2.57. The third-order valence-electron chi connectivity index (χ3n) is 5.65. The molecule has 1 aliphatic rings. The Morgan fingerprint density at radius 3 is 2.33 bits per heavy atom. The monoisotopic (exact) mass is 462 g/mol. The molecule has 1 amide bonds. The molecule has 0 atom stereocenters. The normalized spacial score (nSPS) is 17.7. The van der Waals surface area contributed by atoms with E-state index in [0.29, 0.717) is 5.47 Å². The first-order valence-electron chi connectivity index (χ1n) is 10.4. The van der Waals surface area contributed by atoms with Crippen LogP contribution in [0.3, 0.4) is 0 Å². The predicted octanol–water partition coefficient (Wildman–Crippen LogP) is 5.04. The van der Waals surface area contributed by atoms with Gasteiger partial charge in [0.15, 0.2) is 5.69 Å². The number of hydrogen-bond donors (Lipinski definition) is 1. The number of carbonyl (C=O) groups is 1. The summed E-state index contributed by atoms with van der Waals surface area (Å²) in [5.74, 6) is 0. The number of ether oxygens (including phenoxy) is 1. The van der Waals surface area contributed by atoms with Gasteiger partial charge < -0.3 is 19.4 Å². The number of aromatic nitrogens is 1. The molecule has 33 heavy (non-hydrogen) atoms. The minimum atomic E-state index is -4.64. The maximum atomic E-state index is 13.5. The lowest BCUT2D eigenvalue weighted by Crippen LogP contribution is -2.41. The summed E-state index contributed by atoms with van der Waals surface area (Å²) in [6, 6.07) is 11.8. The first-order valence-corrected chi connectivity index (χ1v) is 10.4. The molecule has 0 bridgehead atoms. The van der Waals surface area contributed by atoms with E-state index in [2.05, 4.69) is 10.3 Å². The number of alkyl halides is 3. The number of carbonyl (C=O) groups excluding carboxylic acids is 1. The SMILES string of the molecule is CC1(C)OB(C(=Cc2cccnc2C(F)(F)F)CNC(=O)OCc2ccccc2)OC1(C)C. The van der Waals surface area contributed by atoms with Crippen LogP contribution in [0.15, 0.2) is 54.1 Å². The first-order chi connectivity index (χ1) is 15.4. The van der Waals surface area contributed by atoms with Crippen LogP contribution in [0.2, 0.25) is 0 Å². The van der Waals surface area contributed by atoms with Crippen LogP contribution in [0.25, 0.3) is 6.08 Å². The fourth-order valence-electron chi connectivity index (χ4n) is 3.12. The molecule has 0 saturated carbocycles. The number of alkyl carbamates (subject to hydrolysis) is 1. The van der Waals surface area contributed by atoms with Crippen LogP contribution in [0, 0.1) is 0 Å². The van der Waals surface area contributed by atoms with Crippen molar-refractivity contribution in [3.8, 4) is 0 Å². The zero-order valence-corrected chi connectivity index (χ0v) is 18.9. The lowest BCUT2D eigenvalue weighted by Gasteiger charge is -2.32. The van der Waals surface area contributed by atoms with Crippen molar-refractivity contribution in [2.45, 2.75) is 51.7 Å². The van der Waals surface area contributed by atoms with Gasteiger partial charge in [-0.3, -0.25) is 4.98 Å². The van der Waals surface area contributed by atoms with E-state index in [1.54, 1.807) is 0 Å². The highest BCUT2D eigenvalue weighted by Gasteiger charge is 2.52. The molecular weight excluding hydrogens is 436 g/mol. The van der Waals surface area contributed by atoms with E-state index in [1.165, 1.54) is 18.2 Å². The van der Waals surface area contributed by atoms with Gasteiger partial charge in [0.05, 0.1) is 11.2 Å². The van der Waals surface area contributed by atoms with E-state index in [0.717, 1.165) is 11.8 Å². The van der Waals surface area contributed by atoms with Crippen molar-refractivity contribution in [2.24, 2.45) is 0 Å². The molecule has 0 unspecified atom stereocenters. The van der Waals surface area contributed by atoms with Gasteiger partial charge in [0.25, 0.3) is 0 Å². The van der Waals surface area contributed by atoms with Gasteiger partial charge in [0.1, 0.15) is 6.61 Å². The van der Waals surface area contributed by atoms with Crippen LogP contribution in [0.1, 0.15) is 44.5 Å². The van der Waals surface area contributed by atoms with Crippen LogP contribution in [-0.4, -0.2) is 35.9 Å². The third-order valence-corrected chi connectivity index (χ3v) is 5.65. The van der Waals surface area contributed by atoms with Crippen LogP contribution in [0.5, 0.6) is 0 Å². The Balaban J connectivity index is 1.81. The van der Waals surface area contributed by atoms with Gasteiger partial charge in [-0.15, -0.1) is 0 Å². The Morgan fingerprint density at radius 1 is 1.09 bits per heavy atom. The van der Waals surface area contributed by atoms with Crippen molar-refractivity contribution in [2.75, 3.05) is 6.54 Å². The summed E-state index contributed by atoms with van der Waals surface area (Å²) < 4.78 is 57.6. The lowest BCUT2D eigenvalue weighted by atomic mass is 9.77. The zero-order valence-electron chi connectivity index (χ0n) is 18.9. The fourth-order valence-corrected chi connectivity index (χ4v) is 3.12. The Labute approximate surface area is 191 Å². The van der Waals surface area contributed by atoms with Crippen molar-refractivity contribution in [3.63, 3.8) is 0 Å². The van der Waals surface area contributed by atoms with Gasteiger partial charge in [-0.25, -0.2) is 4.79 Å². The van der Waals surface area contributed by atoms with E-state index >= 15 is 0 Å². The Hall–Kier alpha value is -2.85. The molecule has 1 N–H and O–H groups in total. The number of pyridine rings is 1. The molecule has 0 aliphatic carbocycles. The van der Waals surface area contributed by atoms with Crippen molar-refractivity contribution in [1.29, 1.82) is 0 Å². The summed E-state index contributed by atoms with van der Waals surface area (Å²) >= 11 is 0. The Bertz CT molecular complexity index is 994. The summed E-state index contributed by atoms with van der Waals surface area (Å²) in [6.45, 7) is 7.24. The Morgan fingerprint density at radius 2 is 1.73 bits per heavy atom. The highest BCUT2D eigenvalue weighted by Crippen LogP contribution is 2.39. The Kier molecular flexibility index (Phi) is 7.19. The standard InChI is InChI=1S/C23H26BF3N2O4/c1-21(2)22(3,4)33-24(32-21)18(13-17-11-8-12-28-19(17)23(25,26)27)14-29-20(30)31-15-16-9-6-5-7-10-16/h5-13H,14-15H2,1-4H3,(H,29,30). The molecule has 6 nitrogen and oxygen atoms in total. The number of halogens is 3.